The lowest BCUT2D eigenvalue weighted by molar-refractivity contribution is -0.144. The third-order valence-corrected chi connectivity index (χ3v) is 4.44. The van der Waals surface area contributed by atoms with Gasteiger partial charge in [0.15, 0.2) is 0 Å². The summed E-state index contributed by atoms with van der Waals surface area (Å²) in [5, 5.41) is 12.0. The highest BCUT2D eigenvalue weighted by molar-refractivity contribution is 5.94. The van der Waals surface area contributed by atoms with E-state index in [9.17, 15) is 14.4 Å². The van der Waals surface area contributed by atoms with Crippen molar-refractivity contribution in [2.24, 2.45) is 11.8 Å². The van der Waals surface area contributed by atoms with Gasteiger partial charge in [0.1, 0.15) is 0 Å². The lowest BCUT2D eigenvalue weighted by atomic mass is 9.81. The number of nitrogens with one attached hydrogen (secondary N) is 1. The van der Waals surface area contributed by atoms with Gasteiger partial charge in [-0.2, -0.15) is 0 Å². The number of rotatable bonds is 5. The number of aliphatic carboxylic acids is 1. The second-order valence-electron chi connectivity index (χ2n) is 6.52. The van der Waals surface area contributed by atoms with Crippen LogP contribution in [-0.4, -0.2) is 41.9 Å². The van der Waals surface area contributed by atoms with Crippen molar-refractivity contribution in [2.75, 3.05) is 14.1 Å². The molecule has 0 aromatic heterocycles. The second-order valence-corrected chi connectivity index (χ2v) is 6.52. The zero-order valence-corrected chi connectivity index (χ0v) is 14.1. The molecule has 1 aliphatic rings. The Hall–Kier alpha value is -2.37. The van der Waals surface area contributed by atoms with Crippen molar-refractivity contribution in [3.05, 3.63) is 35.4 Å². The van der Waals surface area contributed by atoms with Gasteiger partial charge in [0.25, 0.3) is 5.91 Å². The van der Waals surface area contributed by atoms with E-state index >= 15 is 0 Å². The minimum Gasteiger partial charge on any atom is -0.481 e. The van der Waals surface area contributed by atoms with Crippen molar-refractivity contribution in [1.29, 1.82) is 0 Å². The number of carbonyl (C=O) groups is 3. The molecule has 0 radical (unpaired) electrons. The molecule has 6 heteroatoms. The zero-order chi connectivity index (χ0) is 17.7. The van der Waals surface area contributed by atoms with Crippen molar-refractivity contribution < 1.29 is 19.5 Å². The van der Waals surface area contributed by atoms with Gasteiger partial charge < -0.3 is 15.3 Å². The molecule has 2 N–H and O–H groups in total. The molecule has 6 nitrogen and oxygen atoms in total. The van der Waals surface area contributed by atoms with Gasteiger partial charge in [-0.25, -0.2) is 0 Å². The summed E-state index contributed by atoms with van der Waals surface area (Å²) in [4.78, 5) is 36.8. The standard InChI is InChI=1S/C18H24N2O4/c1-20(2)17(22)14-7-3-5-12(9-14)11-19-16(21)13-6-4-8-15(10-13)18(23)24/h3,5,7,9,13,15H,4,6,8,10-11H2,1-2H3,(H,19,21)(H,23,24). The minimum absolute atomic E-state index is 0.0836. The van der Waals surface area contributed by atoms with Crippen molar-refractivity contribution >= 4 is 17.8 Å². The Morgan fingerprint density at radius 1 is 1.21 bits per heavy atom. The molecule has 1 aromatic rings. The van der Waals surface area contributed by atoms with Crippen LogP contribution in [0.25, 0.3) is 0 Å². The average molecular weight is 332 g/mol. The fraction of sp³-hybridized carbons (Fsp3) is 0.500. The van der Waals surface area contributed by atoms with Gasteiger partial charge in [0.05, 0.1) is 5.92 Å². The van der Waals surface area contributed by atoms with Crippen LogP contribution in [0.5, 0.6) is 0 Å². The first-order chi connectivity index (χ1) is 11.4. The monoisotopic (exact) mass is 332 g/mol. The Labute approximate surface area is 141 Å². The quantitative estimate of drug-likeness (QED) is 0.862. The van der Waals surface area contributed by atoms with E-state index in [0.29, 0.717) is 24.9 Å². The lowest BCUT2D eigenvalue weighted by Gasteiger charge is -2.25. The van der Waals surface area contributed by atoms with E-state index in [1.807, 2.05) is 6.07 Å². The molecular weight excluding hydrogens is 308 g/mol. The summed E-state index contributed by atoms with van der Waals surface area (Å²) in [5.74, 6) is -1.67. The minimum atomic E-state index is -0.817. The Morgan fingerprint density at radius 3 is 2.58 bits per heavy atom. The first-order valence-corrected chi connectivity index (χ1v) is 8.19. The molecule has 24 heavy (non-hydrogen) atoms. The first kappa shape index (κ1) is 18.0. The van der Waals surface area contributed by atoms with Gasteiger partial charge in [-0.1, -0.05) is 18.6 Å². The molecule has 0 aliphatic heterocycles. The van der Waals surface area contributed by atoms with Crippen molar-refractivity contribution in [3.8, 4) is 0 Å². The van der Waals surface area contributed by atoms with Gasteiger partial charge in [0, 0.05) is 32.1 Å². The molecule has 2 unspecified atom stereocenters. The lowest BCUT2D eigenvalue weighted by Crippen LogP contribution is -2.35. The van der Waals surface area contributed by atoms with Crippen LogP contribution in [0.3, 0.4) is 0 Å². The predicted octanol–water partition coefficient (Wildman–Crippen LogP) is 1.90. The van der Waals surface area contributed by atoms with Gasteiger partial charge in [-0.15, -0.1) is 0 Å². The number of amides is 2. The number of hydrogen-bond donors (Lipinski definition) is 2. The summed E-state index contributed by atoms with van der Waals surface area (Å²) in [5.41, 5.74) is 1.43. The van der Waals surface area contributed by atoms with E-state index in [-0.39, 0.29) is 17.7 Å². The molecule has 1 aromatic carbocycles. The average Bonchev–Trinajstić information content (AvgIpc) is 2.59. The number of carboxylic acid groups (broad SMARTS) is 1. The summed E-state index contributed by atoms with van der Waals surface area (Å²) in [6.07, 6.45) is 2.55. The van der Waals surface area contributed by atoms with E-state index < -0.39 is 11.9 Å². The number of nitrogens with zero attached hydrogens (tertiary/aromatic N) is 1. The summed E-state index contributed by atoms with van der Waals surface area (Å²) in [6, 6.07) is 7.16. The molecule has 1 saturated carbocycles. The first-order valence-electron chi connectivity index (χ1n) is 8.19. The number of carbonyl (C=O) groups excluding carboxylic acids is 2. The molecular formula is C18H24N2O4. The van der Waals surface area contributed by atoms with Crippen molar-refractivity contribution in [3.63, 3.8) is 0 Å². The highest BCUT2D eigenvalue weighted by Crippen LogP contribution is 2.29. The maximum atomic E-state index is 12.3. The van der Waals surface area contributed by atoms with Crippen LogP contribution in [0.15, 0.2) is 24.3 Å². The number of carboxylic acids is 1. The maximum Gasteiger partial charge on any atom is 0.306 e. The molecule has 2 amide bonds. The normalized spacial score (nSPS) is 20.2. The molecule has 0 bridgehead atoms. The van der Waals surface area contributed by atoms with Crippen LogP contribution in [0.2, 0.25) is 0 Å². The molecule has 1 fully saturated rings. The van der Waals surface area contributed by atoms with E-state index in [0.717, 1.165) is 18.4 Å². The molecule has 1 aliphatic carbocycles. The van der Waals surface area contributed by atoms with E-state index in [1.165, 1.54) is 4.90 Å². The van der Waals surface area contributed by atoms with Crippen LogP contribution < -0.4 is 5.32 Å². The highest BCUT2D eigenvalue weighted by Gasteiger charge is 2.30. The molecule has 2 atom stereocenters. The topological polar surface area (TPSA) is 86.7 Å². The third kappa shape index (κ3) is 4.57. The molecule has 130 valence electrons. The van der Waals surface area contributed by atoms with Gasteiger partial charge in [0.2, 0.25) is 5.91 Å². The smallest absolute Gasteiger partial charge is 0.306 e. The summed E-state index contributed by atoms with van der Waals surface area (Å²) >= 11 is 0. The van der Waals surface area contributed by atoms with E-state index in [2.05, 4.69) is 5.32 Å². The van der Waals surface area contributed by atoms with Crippen molar-refractivity contribution in [1.82, 2.24) is 10.2 Å². The highest BCUT2D eigenvalue weighted by atomic mass is 16.4. The zero-order valence-electron chi connectivity index (χ0n) is 14.1. The van der Waals surface area contributed by atoms with Crippen LogP contribution in [0, 0.1) is 11.8 Å². The van der Waals surface area contributed by atoms with Crippen LogP contribution >= 0.6 is 0 Å². The summed E-state index contributed by atoms with van der Waals surface area (Å²) < 4.78 is 0. The summed E-state index contributed by atoms with van der Waals surface area (Å²) in [7, 11) is 3.39. The molecule has 0 saturated heterocycles. The number of hydrogen-bond acceptors (Lipinski definition) is 3. The van der Waals surface area contributed by atoms with Gasteiger partial charge >= 0.3 is 5.97 Å². The third-order valence-electron chi connectivity index (χ3n) is 4.44. The fourth-order valence-electron chi connectivity index (χ4n) is 3.06. The van der Waals surface area contributed by atoms with E-state index in [1.54, 1.807) is 32.3 Å². The van der Waals surface area contributed by atoms with E-state index in [4.69, 9.17) is 5.11 Å². The largest absolute Gasteiger partial charge is 0.481 e. The Kier molecular flexibility index (Phi) is 5.95. The number of benzene rings is 1. The second kappa shape index (κ2) is 7.95. The Bertz CT molecular complexity index is 627. The van der Waals surface area contributed by atoms with Crippen molar-refractivity contribution in [2.45, 2.75) is 32.2 Å². The van der Waals surface area contributed by atoms with Crippen LogP contribution in [0.4, 0.5) is 0 Å². The fourth-order valence-corrected chi connectivity index (χ4v) is 3.06. The SMILES string of the molecule is CN(C)C(=O)c1cccc(CNC(=O)C2CCCC(C(=O)O)C2)c1. The Balaban J connectivity index is 1.93. The Morgan fingerprint density at radius 2 is 1.92 bits per heavy atom. The predicted molar refractivity (Wildman–Crippen MR) is 89.4 cm³/mol. The maximum absolute atomic E-state index is 12.3. The van der Waals surface area contributed by atoms with Gasteiger partial charge in [-0.05, 0) is 37.0 Å². The molecule has 0 heterocycles. The summed E-state index contributed by atoms with van der Waals surface area (Å²) in [6.45, 7) is 0.335. The van der Waals surface area contributed by atoms with Gasteiger partial charge in [-0.3, -0.25) is 14.4 Å². The molecule has 2 rings (SSSR count). The molecule has 0 spiro atoms. The van der Waals surface area contributed by atoms with Crippen LogP contribution in [-0.2, 0) is 16.1 Å². The van der Waals surface area contributed by atoms with Crippen LogP contribution in [0.1, 0.15) is 41.6 Å².